The van der Waals surface area contributed by atoms with Crippen LogP contribution in [0.1, 0.15) is 62.4 Å². The predicted octanol–water partition coefficient (Wildman–Crippen LogP) is 11.4. The maximum atomic E-state index is 7.35. The molecule has 3 nitrogen and oxygen atoms in total. The van der Waals surface area contributed by atoms with Crippen molar-refractivity contribution in [3.8, 4) is 50.9 Å². The summed E-state index contributed by atoms with van der Waals surface area (Å²) in [4.78, 5) is 0. The van der Waals surface area contributed by atoms with Crippen molar-refractivity contribution in [2.24, 2.45) is 0 Å². The van der Waals surface area contributed by atoms with Crippen LogP contribution in [-0.4, -0.2) is 11.3 Å². The molecule has 7 aromatic carbocycles. The third kappa shape index (κ3) is 4.52. The van der Waals surface area contributed by atoms with Gasteiger partial charge in [0.05, 0.1) is 16.7 Å². The monoisotopic (exact) mass is 711 g/mol. The van der Waals surface area contributed by atoms with Gasteiger partial charge < -0.3 is 14.0 Å². The first-order chi connectivity index (χ1) is 26.5. The summed E-state index contributed by atoms with van der Waals surface area (Å²) in [6.07, 6.45) is 0. The van der Waals surface area contributed by atoms with E-state index in [0.29, 0.717) is 0 Å². The second kappa shape index (κ2) is 11.0. The molecule has 1 aliphatic carbocycles. The molecule has 266 valence electrons. The van der Waals surface area contributed by atoms with Gasteiger partial charge in [0.1, 0.15) is 23.0 Å². The summed E-state index contributed by atoms with van der Waals surface area (Å²) in [5.41, 5.74) is 18.0. The van der Waals surface area contributed by atoms with Crippen LogP contribution < -0.4 is 25.9 Å². The standard InChI is InChI=1S/C51H42BNO2/c1-29-22-30(2)24-31(23-29)32-25-43-48-44(26-32)55-45-28-41(53-39-18-12-9-14-34(39)35-15-10-13-19-40(35)53)46-36-16-8-11-17-37(36)51(6,7)47(46)49(45)52(48)38-27-33(50(3,4)5)20-21-42(38)54-43/h8-28H,1-7H3. The molecule has 0 atom stereocenters. The zero-order valence-electron chi connectivity index (χ0n) is 32.5. The Morgan fingerprint density at radius 2 is 1.16 bits per heavy atom. The third-order valence-corrected chi connectivity index (χ3v) is 12.5. The highest BCUT2D eigenvalue weighted by Crippen LogP contribution is 2.54. The maximum absolute atomic E-state index is 7.35. The molecular weight excluding hydrogens is 669 g/mol. The van der Waals surface area contributed by atoms with E-state index in [1.165, 1.54) is 71.7 Å². The van der Waals surface area contributed by atoms with Gasteiger partial charge >= 0.3 is 0 Å². The smallest absolute Gasteiger partial charge is 0.261 e. The molecule has 0 amide bonds. The zero-order chi connectivity index (χ0) is 37.5. The molecule has 0 saturated carbocycles. The second-order valence-electron chi connectivity index (χ2n) is 17.5. The maximum Gasteiger partial charge on any atom is 0.261 e. The normalized spacial score (nSPS) is 14.5. The van der Waals surface area contributed by atoms with E-state index in [0.717, 1.165) is 45.3 Å². The fourth-order valence-corrected chi connectivity index (χ4v) is 10.1. The van der Waals surface area contributed by atoms with Gasteiger partial charge in [-0.25, -0.2) is 0 Å². The van der Waals surface area contributed by atoms with E-state index in [4.69, 9.17) is 9.47 Å². The summed E-state index contributed by atoms with van der Waals surface area (Å²) < 4.78 is 16.8. The van der Waals surface area contributed by atoms with Crippen LogP contribution in [0.5, 0.6) is 23.0 Å². The van der Waals surface area contributed by atoms with Gasteiger partial charge in [-0.15, -0.1) is 0 Å². The largest absolute Gasteiger partial charge is 0.458 e. The van der Waals surface area contributed by atoms with Crippen LogP contribution in [0.3, 0.4) is 0 Å². The fourth-order valence-electron chi connectivity index (χ4n) is 10.1. The van der Waals surface area contributed by atoms with E-state index in [1.54, 1.807) is 0 Å². The van der Waals surface area contributed by atoms with Crippen molar-refractivity contribution in [2.75, 3.05) is 0 Å². The highest BCUT2D eigenvalue weighted by atomic mass is 16.5. The predicted molar refractivity (Wildman–Crippen MR) is 230 cm³/mol. The van der Waals surface area contributed by atoms with Crippen molar-refractivity contribution in [3.63, 3.8) is 0 Å². The van der Waals surface area contributed by atoms with Gasteiger partial charge in [-0.2, -0.15) is 0 Å². The lowest BCUT2D eigenvalue weighted by Crippen LogP contribution is -2.59. The summed E-state index contributed by atoms with van der Waals surface area (Å²) >= 11 is 0. The third-order valence-electron chi connectivity index (χ3n) is 12.5. The lowest BCUT2D eigenvalue weighted by molar-refractivity contribution is 0.463. The zero-order valence-corrected chi connectivity index (χ0v) is 32.5. The molecule has 3 heterocycles. The summed E-state index contributed by atoms with van der Waals surface area (Å²) in [6, 6.07) is 47.1. The van der Waals surface area contributed by atoms with Crippen LogP contribution in [0.2, 0.25) is 0 Å². The molecular formula is C51H42BNO2. The number of benzene rings is 7. The molecule has 0 N–H and O–H groups in total. The Hall–Kier alpha value is -6.00. The van der Waals surface area contributed by atoms with Crippen LogP contribution in [0.15, 0.2) is 127 Å². The van der Waals surface area contributed by atoms with Crippen molar-refractivity contribution < 1.29 is 9.47 Å². The summed E-state index contributed by atoms with van der Waals surface area (Å²) in [5, 5.41) is 2.49. The van der Waals surface area contributed by atoms with Crippen molar-refractivity contribution in [3.05, 3.63) is 155 Å². The van der Waals surface area contributed by atoms with Crippen molar-refractivity contribution in [1.29, 1.82) is 0 Å². The molecule has 55 heavy (non-hydrogen) atoms. The number of hydrogen-bond acceptors (Lipinski definition) is 2. The first-order valence-corrected chi connectivity index (χ1v) is 19.5. The highest BCUT2D eigenvalue weighted by molar-refractivity contribution is 6.98. The Morgan fingerprint density at radius 1 is 0.582 bits per heavy atom. The van der Waals surface area contributed by atoms with Crippen LogP contribution in [0, 0.1) is 13.8 Å². The Morgan fingerprint density at radius 3 is 1.84 bits per heavy atom. The molecule has 0 bridgehead atoms. The lowest BCUT2D eigenvalue weighted by Gasteiger charge is -2.38. The molecule has 4 heteroatoms. The van der Waals surface area contributed by atoms with E-state index in [-0.39, 0.29) is 17.5 Å². The van der Waals surface area contributed by atoms with Gasteiger partial charge in [0, 0.05) is 33.3 Å². The van der Waals surface area contributed by atoms with Gasteiger partial charge in [0.15, 0.2) is 0 Å². The molecule has 2 aliphatic heterocycles. The molecule has 0 fully saturated rings. The Kier molecular flexibility index (Phi) is 6.51. The number of rotatable bonds is 2. The molecule has 0 unspecified atom stereocenters. The number of aryl methyl sites for hydroxylation is 2. The Labute approximate surface area is 323 Å². The molecule has 1 aromatic heterocycles. The van der Waals surface area contributed by atoms with Crippen LogP contribution in [0.25, 0.3) is 49.7 Å². The van der Waals surface area contributed by atoms with E-state index < -0.39 is 0 Å². The number of para-hydroxylation sites is 2. The highest BCUT2D eigenvalue weighted by Gasteiger charge is 2.49. The van der Waals surface area contributed by atoms with Crippen LogP contribution in [0.4, 0.5) is 0 Å². The number of ether oxygens (including phenoxy) is 2. The Balaban J connectivity index is 1.28. The molecule has 11 rings (SSSR count). The van der Waals surface area contributed by atoms with Gasteiger partial charge in [0.25, 0.3) is 6.71 Å². The second-order valence-corrected chi connectivity index (χ2v) is 17.5. The van der Waals surface area contributed by atoms with Crippen molar-refractivity contribution in [2.45, 2.75) is 59.3 Å². The molecule has 0 spiro atoms. The minimum atomic E-state index is -0.301. The number of fused-ring (bicyclic) bond motifs is 11. The van der Waals surface area contributed by atoms with E-state index in [1.807, 2.05) is 0 Å². The first-order valence-electron chi connectivity index (χ1n) is 19.5. The Bertz CT molecular complexity index is 2900. The minimum Gasteiger partial charge on any atom is -0.458 e. The summed E-state index contributed by atoms with van der Waals surface area (Å²) in [7, 11) is 0. The molecule has 3 aliphatic rings. The van der Waals surface area contributed by atoms with Crippen LogP contribution in [-0.2, 0) is 10.8 Å². The number of aromatic nitrogens is 1. The van der Waals surface area contributed by atoms with Crippen LogP contribution >= 0.6 is 0 Å². The molecule has 0 radical (unpaired) electrons. The van der Waals surface area contributed by atoms with Gasteiger partial charge in [-0.1, -0.05) is 137 Å². The molecule has 8 aromatic rings. The topological polar surface area (TPSA) is 23.4 Å². The number of nitrogens with zero attached hydrogens (tertiary/aromatic N) is 1. The lowest BCUT2D eigenvalue weighted by atomic mass is 9.33. The average Bonchev–Trinajstić information content (AvgIpc) is 3.62. The van der Waals surface area contributed by atoms with E-state index >= 15 is 0 Å². The first kappa shape index (κ1) is 32.4. The minimum absolute atomic E-state index is 0.0309. The van der Waals surface area contributed by atoms with E-state index in [9.17, 15) is 0 Å². The fraction of sp³-hybridized carbons (Fsp3) is 0.176. The van der Waals surface area contributed by atoms with Gasteiger partial charge in [-0.3, -0.25) is 0 Å². The summed E-state index contributed by atoms with van der Waals surface area (Å²) in [5.74, 6) is 3.55. The molecule has 0 saturated heterocycles. The van der Waals surface area contributed by atoms with E-state index in [2.05, 4.69) is 180 Å². The number of hydrogen-bond donors (Lipinski definition) is 0. The SMILES string of the molecule is Cc1cc(C)cc(-c2cc3c4c(c2)Oc2cc(-n5c6ccccc6c6ccccc65)c5c(c2B4c2cc(C(C)(C)C)ccc2O3)C(C)(C)c2ccccc2-5)c1. The summed E-state index contributed by atoms with van der Waals surface area (Å²) in [6.45, 7) is 15.9. The quantitative estimate of drug-likeness (QED) is 0.167. The van der Waals surface area contributed by atoms with Crippen molar-refractivity contribution in [1.82, 2.24) is 4.57 Å². The average molecular weight is 712 g/mol. The van der Waals surface area contributed by atoms with Gasteiger partial charge in [0.2, 0.25) is 0 Å². The van der Waals surface area contributed by atoms with Gasteiger partial charge in [-0.05, 0) is 93.9 Å². The van der Waals surface area contributed by atoms with Crippen molar-refractivity contribution >= 4 is 44.9 Å².